The molecular weight excluding hydrogens is 200 g/mol. The normalized spacial score (nSPS) is 32.4. The summed E-state index contributed by atoms with van der Waals surface area (Å²) < 4.78 is 0. The Morgan fingerprint density at radius 3 is 2.75 bits per heavy atom. The number of hydrogen-bond acceptors (Lipinski definition) is 3. The molecule has 0 saturated heterocycles. The Labute approximate surface area is 98.3 Å². The maximum absolute atomic E-state index is 10.0. The molecular formula is C13H24N2O. The van der Waals surface area contributed by atoms with Gasteiger partial charge in [-0.15, -0.1) is 0 Å². The van der Waals surface area contributed by atoms with E-state index in [2.05, 4.69) is 10.3 Å². The maximum Gasteiger partial charge on any atom is 0.0966 e. The zero-order valence-corrected chi connectivity index (χ0v) is 10.1. The second-order valence-electron chi connectivity index (χ2n) is 5.10. The van der Waals surface area contributed by atoms with E-state index < -0.39 is 0 Å². The zero-order valence-electron chi connectivity index (χ0n) is 10.1. The molecule has 0 bridgehead atoms. The number of aliphatic hydroxyl groups is 1. The molecule has 2 rings (SSSR count). The van der Waals surface area contributed by atoms with Crippen LogP contribution in [0.15, 0.2) is 4.99 Å². The molecule has 0 aromatic carbocycles. The third-order valence-corrected chi connectivity index (χ3v) is 3.71. The largest absolute Gasteiger partial charge is 0.391 e. The molecule has 1 saturated carbocycles. The first-order valence-corrected chi connectivity index (χ1v) is 6.84. The quantitative estimate of drug-likeness (QED) is 0.671. The van der Waals surface area contributed by atoms with Crippen LogP contribution in [0, 0.1) is 0 Å². The maximum atomic E-state index is 10.0. The molecule has 1 fully saturated rings. The van der Waals surface area contributed by atoms with Gasteiger partial charge in [0, 0.05) is 13.0 Å². The second-order valence-corrected chi connectivity index (χ2v) is 5.10. The van der Waals surface area contributed by atoms with Gasteiger partial charge in [-0.3, -0.25) is 4.99 Å². The minimum Gasteiger partial charge on any atom is -0.391 e. The van der Waals surface area contributed by atoms with E-state index in [4.69, 9.17) is 0 Å². The fourth-order valence-electron chi connectivity index (χ4n) is 2.66. The SMILES string of the molecule is OC1CCCCCC1NC1=NCCCCC1. The van der Waals surface area contributed by atoms with Gasteiger partial charge >= 0.3 is 0 Å². The molecule has 0 aromatic heterocycles. The van der Waals surface area contributed by atoms with Crippen LogP contribution >= 0.6 is 0 Å². The summed E-state index contributed by atoms with van der Waals surface area (Å²) in [6, 6.07) is 0.249. The van der Waals surface area contributed by atoms with Crippen LogP contribution in [0.4, 0.5) is 0 Å². The van der Waals surface area contributed by atoms with E-state index in [9.17, 15) is 5.11 Å². The molecule has 1 heterocycles. The van der Waals surface area contributed by atoms with Gasteiger partial charge in [-0.2, -0.15) is 0 Å². The number of rotatable bonds is 1. The highest BCUT2D eigenvalue weighted by Crippen LogP contribution is 2.18. The van der Waals surface area contributed by atoms with Crippen molar-refractivity contribution in [3.8, 4) is 0 Å². The van der Waals surface area contributed by atoms with Crippen molar-refractivity contribution in [2.75, 3.05) is 6.54 Å². The molecule has 3 nitrogen and oxygen atoms in total. The van der Waals surface area contributed by atoms with E-state index in [0.717, 1.165) is 31.6 Å². The molecule has 2 N–H and O–H groups in total. The van der Waals surface area contributed by atoms with Crippen LogP contribution in [-0.2, 0) is 0 Å². The average Bonchev–Trinajstić information content (AvgIpc) is 2.64. The fraction of sp³-hybridized carbons (Fsp3) is 0.923. The van der Waals surface area contributed by atoms with Gasteiger partial charge in [-0.05, 0) is 25.7 Å². The van der Waals surface area contributed by atoms with Crippen molar-refractivity contribution in [2.45, 2.75) is 69.9 Å². The predicted molar refractivity (Wildman–Crippen MR) is 66.8 cm³/mol. The molecule has 0 radical (unpaired) electrons. The molecule has 1 aliphatic carbocycles. The van der Waals surface area contributed by atoms with Gasteiger partial charge in [-0.25, -0.2) is 0 Å². The lowest BCUT2D eigenvalue weighted by molar-refractivity contribution is 0.128. The zero-order chi connectivity index (χ0) is 11.2. The minimum atomic E-state index is -0.173. The molecule has 2 atom stereocenters. The monoisotopic (exact) mass is 224 g/mol. The summed E-state index contributed by atoms with van der Waals surface area (Å²) in [5, 5.41) is 13.5. The van der Waals surface area contributed by atoms with Crippen molar-refractivity contribution >= 4 is 5.84 Å². The van der Waals surface area contributed by atoms with Gasteiger partial charge in [0.05, 0.1) is 18.0 Å². The van der Waals surface area contributed by atoms with Crippen molar-refractivity contribution in [1.29, 1.82) is 0 Å². The first-order chi connectivity index (χ1) is 7.86. The molecule has 0 amide bonds. The highest BCUT2D eigenvalue weighted by molar-refractivity contribution is 5.82. The van der Waals surface area contributed by atoms with Gasteiger partial charge in [-0.1, -0.05) is 25.7 Å². The smallest absolute Gasteiger partial charge is 0.0966 e. The topological polar surface area (TPSA) is 44.6 Å². The number of nitrogens with zero attached hydrogens (tertiary/aromatic N) is 1. The Bertz CT molecular complexity index is 240. The van der Waals surface area contributed by atoms with Gasteiger partial charge in [0.2, 0.25) is 0 Å². The summed E-state index contributed by atoms with van der Waals surface area (Å²) in [6.45, 7) is 0.963. The molecule has 0 spiro atoms. The van der Waals surface area contributed by atoms with E-state index in [1.807, 2.05) is 0 Å². The molecule has 16 heavy (non-hydrogen) atoms. The lowest BCUT2D eigenvalue weighted by atomic mass is 10.1. The number of amidine groups is 1. The average molecular weight is 224 g/mol. The van der Waals surface area contributed by atoms with Crippen LogP contribution in [0.2, 0.25) is 0 Å². The summed E-state index contributed by atoms with van der Waals surface area (Å²) in [6.07, 6.45) is 10.4. The molecule has 92 valence electrons. The van der Waals surface area contributed by atoms with E-state index in [-0.39, 0.29) is 12.1 Å². The van der Waals surface area contributed by atoms with Crippen LogP contribution < -0.4 is 5.32 Å². The number of aliphatic hydroxyl groups excluding tert-OH is 1. The second kappa shape index (κ2) is 6.24. The predicted octanol–water partition coefficient (Wildman–Crippen LogP) is 2.24. The molecule has 2 aliphatic rings. The Hall–Kier alpha value is -0.570. The van der Waals surface area contributed by atoms with Crippen LogP contribution in [0.1, 0.15) is 57.8 Å². The Morgan fingerprint density at radius 1 is 1.00 bits per heavy atom. The molecule has 2 unspecified atom stereocenters. The summed E-state index contributed by atoms with van der Waals surface area (Å²) in [4.78, 5) is 4.58. The van der Waals surface area contributed by atoms with E-state index in [0.29, 0.717) is 0 Å². The summed E-state index contributed by atoms with van der Waals surface area (Å²) in [5.41, 5.74) is 0. The van der Waals surface area contributed by atoms with Crippen molar-refractivity contribution in [1.82, 2.24) is 5.32 Å². The highest BCUT2D eigenvalue weighted by Gasteiger charge is 2.22. The lowest BCUT2D eigenvalue weighted by Gasteiger charge is -2.23. The summed E-state index contributed by atoms with van der Waals surface area (Å²) >= 11 is 0. The van der Waals surface area contributed by atoms with Crippen LogP contribution in [0.25, 0.3) is 0 Å². The third-order valence-electron chi connectivity index (χ3n) is 3.71. The van der Waals surface area contributed by atoms with E-state index in [1.165, 1.54) is 38.5 Å². The van der Waals surface area contributed by atoms with Gasteiger partial charge < -0.3 is 10.4 Å². The Kier molecular flexibility index (Phi) is 4.64. The van der Waals surface area contributed by atoms with Gasteiger partial charge in [0.1, 0.15) is 0 Å². The van der Waals surface area contributed by atoms with E-state index >= 15 is 0 Å². The first kappa shape index (κ1) is 11.9. The van der Waals surface area contributed by atoms with Crippen molar-refractivity contribution in [2.24, 2.45) is 4.99 Å². The molecule has 0 aromatic rings. The number of hydrogen-bond donors (Lipinski definition) is 2. The number of aliphatic imine (C=N–C) groups is 1. The van der Waals surface area contributed by atoms with Crippen LogP contribution in [-0.4, -0.2) is 29.6 Å². The standard InChI is InChI=1S/C13H24N2O/c16-12-8-4-1-3-7-11(12)15-13-9-5-2-6-10-14-13/h11-12,16H,1-10H2,(H,14,15). The molecule has 3 heteroatoms. The van der Waals surface area contributed by atoms with Crippen LogP contribution in [0.5, 0.6) is 0 Å². The highest BCUT2D eigenvalue weighted by atomic mass is 16.3. The molecule has 1 aliphatic heterocycles. The van der Waals surface area contributed by atoms with Crippen molar-refractivity contribution < 1.29 is 5.11 Å². The first-order valence-electron chi connectivity index (χ1n) is 6.84. The summed E-state index contributed by atoms with van der Waals surface area (Å²) in [5.74, 6) is 1.14. The third kappa shape index (κ3) is 3.48. The summed E-state index contributed by atoms with van der Waals surface area (Å²) in [7, 11) is 0. The number of nitrogens with one attached hydrogen (secondary N) is 1. The fourth-order valence-corrected chi connectivity index (χ4v) is 2.66. The lowest BCUT2D eigenvalue weighted by Crippen LogP contribution is -2.42. The van der Waals surface area contributed by atoms with Gasteiger partial charge in [0.15, 0.2) is 0 Å². The van der Waals surface area contributed by atoms with Crippen LogP contribution in [0.3, 0.4) is 0 Å². The van der Waals surface area contributed by atoms with Gasteiger partial charge in [0.25, 0.3) is 0 Å². The minimum absolute atomic E-state index is 0.173. The van der Waals surface area contributed by atoms with Crippen molar-refractivity contribution in [3.05, 3.63) is 0 Å². The van der Waals surface area contributed by atoms with E-state index in [1.54, 1.807) is 0 Å². The van der Waals surface area contributed by atoms with Crippen molar-refractivity contribution in [3.63, 3.8) is 0 Å². The Balaban J connectivity index is 1.88. The Morgan fingerprint density at radius 2 is 1.81 bits per heavy atom.